The number of Topliss-reactive ketones (excluding diaryl/α,β-unsaturated/α-hetero) is 1. The Bertz CT molecular complexity index is 1410. The Morgan fingerprint density at radius 3 is 2.30 bits per heavy atom. The molecule has 0 spiro atoms. The van der Waals surface area contributed by atoms with E-state index in [0.717, 1.165) is 56.9 Å². The van der Waals surface area contributed by atoms with Crippen LogP contribution in [0.3, 0.4) is 0 Å². The number of nitrogens with zero attached hydrogens (tertiary/aromatic N) is 1. The first-order valence-electron chi connectivity index (χ1n) is 16.6. The summed E-state index contributed by atoms with van der Waals surface area (Å²) in [6.45, 7) is 24.7. The van der Waals surface area contributed by atoms with Gasteiger partial charge >= 0.3 is 5.97 Å². The van der Waals surface area contributed by atoms with E-state index in [9.17, 15) is 9.59 Å². The molecule has 5 heteroatoms. The van der Waals surface area contributed by atoms with Crippen LogP contribution < -0.4 is 0 Å². The van der Waals surface area contributed by atoms with E-state index in [2.05, 4.69) is 69.2 Å². The first kappa shape index (κ1) is 31.1. The van der Waals surface area contributed by atoms with Gasteiger partial charge in [0.1, 0.15) is 6.61 Å². The molecule has 4 saturated carbocycles. The lowest BCUT2D eigenvalue weighted by atomic mass is 9.33. The van der Waals surface area contributed by atoms with E-state index in [4.69, 9.17) is 11.3 Å². The van der Waals surface area contributed by atoms with Crippen molar-refractivity contribution in [2.24, 2.45) is 50.2 Å². The zero-order valence-corrected chi connectivity index (χ0v) is 28.9. The van der Waals surface area contributed by atoms with Crippen LogP contribution >= 0.6 is 15.9 Å². The molecule has 0 bridgehead atoms. The summed E-state index contributed by atoms with van der Waals surface area (Å²) in [7, 11) is 0. The number of benzene rings is 1. The lowest BCUT2D eigenvalue weighted by Crippen LogP contribution is -2.66. The van der Waals surface area contributed by atoms with Gasteiger partial charge in [0.15, 0.2) is 0 Å². The van der Waals surface area contributed by atoms with Gasteiger partial charge in [-0.15, -0.1) is 0 Å². The highest BCUT2D eigenvalue weighted by Crippen LogP contribution is 2.77. The average molecular weight is 649 g/mol. The maximum Gasteiger partial charge on any atom is 0.313 e. The second-order valence-corrected chi connectivity index (χ2v) is 18.0. The Balaban J connectivity index is 1.42. The number of allylic oxidation sites excluding steroid dienone is 2. The second-order valence-electron chi connectivity index (χ2n) is 17.0. The summed E-state index contributed by atoms with van der Waals surface area (Å²) in [6, 6.07) is 9.50. The largest absolute Gasteiger partial charge is 0.460 e. The Labute approximate surface area is 267 Å². The van der Waals surface area contributed by atoms with Crippen molar-refractivity contribution in [3.63, 3.8) is 0 Å². The molecule has 0 saturated heterocycles. The highest BCUT2D eigenvalue weighted by atomic mass is 79.9. The summed E-state index contributed by atoms with van der Waals surface area (Å²) in [6.07, 6.45) is 8.43. The van der Waals surface area contributed by atoms with E-state index in [1.165, 1.54) is 10.1 Å². The Hall–Kier alpha value is -1.93. The molecule has 43 heavy (non-hydrogen) atoms. The fourth-order valence-corrected chi connectivity index (χ4v) is 12.6. The molecule has 1 aromatic rings. The molecule has 0 aromatic heterocycles. The summed E-state index contributed by atoms with van der Waals surface area (Å²) in [5.41, 5.74) is 1.56. The third-order valence-electron chi connectivity index (χ3n) is 14.2. The van der Waals surface area contributed by atoms with E-state index in [-0.39, 0.29) is 45.2 Å². The molecule has 5 aliphatic carbocycles. The van der Waals surface area contributed by atoms with Crippen LogP contribution in [0.4, 0.5) is 0 Å². The first-order chi connectivity index (χ1) is 20.1. The van der Waals surface area contributed by atoms with Crippen molar-refractivity contribution in [2.45, 2.75) is 119 Å². The summed E-state index contributed by atoms with van der Waals surface area (Å²) in [4.78, 5) is 31.6. The number of carbonyl (C=O) groups is 2. The van der Waals surface area contributed by atoms with Crippen LogP contribution in [0.5, 0.6) is 0 Å². The van der Waals surface area contributed by atoms with Gasteiger partial charge < -0.3 is 9.58 Å². The summed E-state index contributed by atoms with van der Waals surface area (Å²) >= 11 is 4.21. The molecule has 0 radical (unpaired) electrons. The fourth-order valence-electron chi connectivity index (χ4n) is 11.6. The standard InChI is InChI=1S/C38H50BrNO3/c1-33(2)16-18-38(32(42)43-23-24-12-10-9-11-13-24)19-17-37(7)30(25(38)21-33)26(39)20-29-35(5)22-27(40-8)31(41)34(3,4)28(35)14-15-36(29,37)6/h9-13,25,27-29H,14-23H2,1-7H3/t25?,27?,28?,29?,35-,36+,37+,38-/m0/s1. The highest BCUT2D eigenvalue weighted by Gasteiger charge is 2.71. The molecule has 0 aliphatic heterocycles. The van der Waals surface area contributed by atoms with Crippen molar-refractivity contribution in [3.05, 3.63) is 57.4 Å². The number of ketones is 1. The van der Waals surface area contributed by atoms with Gasteiger partial charge in [0, 0.05) is 11.8 Å². The summed E-state index contributed by atoms with van der Waals surface area (Å²) in [5.74, 6) is 0.927. The van der Waals surface area contributed by atoms with Gasteiger partial charge in [0.05, 0.1) is 5.41 Å². The van der Waals surface area contributed by atoms with Crippen molar-refractivity contribution < 1.29 is 14.3 Å². The first-order valence-corrected chi connectivity index (χ1v) is 17.4. The van der Waals surface area contributed by atoms with Crippen LogP contribution in [0.15, 0.2) is 40.4 Å². The molecule has 232 valence electrons. The molecule has 0 amide bonds. The molecule has 4 fully saturated rings. The quantitative estimate of drug-likeness (QED) is 0.242. The van der Waals surface area contributed by atoms with E-state index in [1.54, 1.807) is 0 Å². The monoisotopic (exact) mass is 647 g/mol. The highest BCUT2D eigenvalue weighted by molar-refractivity contribution is 9.11. The Morgan fingerprint density at radius 1 is 0.953 bits per heavy atom. The molecule has 6 rings (SSSR count). The van der Waals surface area contributed by atoms with E-state index in [0.29, 0.717) is 18.9 Å². The van der Waals surface area contributed by atoms with E-state index < -0.39 is 16.9 Å². The molecule has 0 N–H and O–H groups in total. The van der Waals surface area contributed by atoms with Gasteiger partial charge in [-0.3, -0.25) is 9.59 Å². The normalized spacial score (nSPS) is 42.9. The number of esters is 1. The Morgan fingerprint density at radius 2 is 1.63 bits per heavy atom. The lowest BCUT2D eigenvalue weighted by Gasteiger charge is -2.70. The third-order valence-corrected chi connectivity index (χ3v) is 14.9. The predicted molar refractivity (Wildman–Crippen MR) is 174 cm³/mol. The molecule has 8 atom stereocenters. The van der Waals surface area contributed by atoms with Crippen molar-refractivity contribution >= 4 is 27.7 Å². The van der Waals surface area contributed by atoms with Gasteiger partial charge in [-0.2, -0.15) is 0 Å². The zero-order valence-electron chi connectivity index (χ0n) is 27.3. The van der Waals surface area contributed by atoms with E-state index in [1.807, 2.05) is 30.3 Å². The topological polar surface area (TPSA) is 47.7 Å². The third kappa shape index (κ3) is 4.31. The number of ether oxygens (including phenoxy) is 1. The van der Waals surface area contributed by atoms with Crippen LogP contribution in [0.2, 0.25) is 0 Å². The molecule has 4 nitrogen and oxygen atoms in total. The minimum Gasteiger partial charge on any atom is -0.460 e. The average Bonchev–Trinajstić information content (AvgIpc) is 2.95. The van der Waals surface area contributed by atoms with Crippen molar-refractivity contribution in [1.82, 2.24) is 0 Å². The maximum atomic E-state index is 14.3. The molecule has 0 heterocycles. The minimum atomic E-state index is -0.548. The van der Waals surface area contributed by atoms with Crippen LogP contribution in [0.1, 0.15) is 112 Å². The van der Waals surface area contributed by atoms with Gasteiger partial charge in [-0.05, 0) is 106 Å². The Kier molecular flexibility index (Phi) is 7.25. The van der Waals surface area contributed by atoms with Crippen molar-refractivity contribution in [3.8, 4) is 0 Å². The van der Waals surface area contributed by atoms with Crippen LogP contribution in [0, 0.1) is 56.8 Å². The van der Waals surface area contributed by atoms with E-state index >= 15 is 0 Å². The van der Waals surface area contributed by atoms with Gasteiger partial charge in [-0.25, -0.2) is 6.57 Å². The number of fused-ring (bicyclic) bond motifs is 7. The van der Waals surface area contributed by atoms with Crippen molar-refractivity contribution in [1.29, 1.82) is 0 Å². The summed E-state index contributed by atoms with van der Waals surface area (Å²) in [5, 5.41) is 0. The number of hydrogen-bond acceptors (Lipinski definition) is 3. The molecule has 1 aromatic carbocycles. The minimum absolute atomic E-state index is 0.0120. The predicted octanol–water partition coefficient (Wildman–Crippen LogP) is 9.72. The maximum absolute atomic E-state index is 14.3. The molecular formula is C38H50BrNO3. The zero-order chi connectivity index (χ0) is 31.2. The number of rotatable bonds is 3. The van der Waals surface area contributed by atoms with Gasteiger partial charge in [0.2, 0.25) is 5.78 Å². The van der Waals surface area contributed by atoms with Crippen molar-refractivity contribution in [2.75, 3.05) is 0 Å². The lowest BCUT2D eigenvalue weighted by molar-refractivity contribution is -0.192. The fraction of sp³-hybridized carbons (Fsp3) is 0.711. The van der Waals surface area contributed by atoms with Crippen LogP contribution in [-0.4, -0.2) is 17.8 Å². The van der Waals surface area contributed by atoms with Crippen LogP contribution in [0.25, 0.3) is 4.85 Å². The SMILES string of the molecule is [C-]#[N+]C1C[C@@]2(C)C(CC[C@]3(C)C2CC(Br)=C2C4CC(C)(C)CC[C@]4(C(=O)OCc4ccccc4)CC[C@]23C)C(C)(C)C1=O. The van der Waals surface area contributed by atoms with Gasteiger partial charge in [0.25, 0.3) is 6.04 Å². The second kappa shape index (κ2) is 10.0. The number of halogens is 1. The smallest absolute Gasteiger partial charge is 0.313 e. The molecule has 5 aliphatic rings. The number of hydrogen-bond donors (Lipinski definition) is 0. The molecule has 4 unspecified atom stereocenters. The molecular weight excluding hydrogens is 598 g/mol. The van der Waals surface area contributed by atoms with Crippen LogP contribution in [-0.2, 0) is 20.9 Å². The number of carbonyl (C=O) groups excluding carboxylic acids is 2. The van der Waals surface area contributed by atoms with Gasteiger partial charge in [-0.1, -0.05) is 94.7 Å². The summed E-state index contributed by atoms with van der Waals surface area (Å²) < 4.78 is 7.47.